The molecule has 68 valence electrons. The second kappa shape index (κ2) is 4.90. The molecule has 0 heterocycles. The standard InChI is InChI=1S/C8H7O3PS/c9-8(6-12-13(10)11)7-4-2-1-3-5-7/h1-5H,6H2. The van der Waals surface area contributed by atoms with Crippen molar-refractivity contribution in [2.24, 2.45) is 0 Å². The number of carbonyl (C=O) groups is 1. The van der Waals surface area contributed by atoms with Crippen molar-refractivity contribution in [1.82, 2.24) is 0 Å². The van der Waals surface area contributed by atoms with E-state index in [1.165, 1.54) is 0 Å². The molecule has 0 aliphatic rings. The van der Waals surface area contributed by atoms with Gasteiger partial charge in [0.25, 0.3) is 0 Å². The van der Waals surface area contributed by atoms with Crippen molar-refractivity contribution in [2.45, 2.75) is 0 Å². The van der Waals surface area contributed by atoms with Gasteiger partial charge in [0.05, 0.1) is 6.16 Å². The number of hydrogen-bond acceptors (Lipinski definition) is 3. The largest absolute Gasteiger partial charge is 0.293 e. The Labute approximate surface area is 78.8 Å². The van der Waals surface area contributed by atoms with E-state index in [9.17, 15) is 13.2 Å². The van der Waals surface area contributed by atoms with E-state index in [0.29, 0.717) is 5.56 Å². The van der Waals surface area contributed by atoms with Crippen molar-refractivity contribution < 1.29 is 13.2 Å². The number of benzene rings is 1. The van der Waals surface area contributed by atoms with E-state index in [1.807, 2.05) is 0 Å². The Hall–Kier alpha value is -0.990. The first kappa shape index (κ1) is 10.1. The molecule has 1 rings (SSSR count). The maximum Gasteiger partial charge on any atom is 0.234 e. The van der Waals surface area contributed by atoms with Crippen LogP contribution in [0, 0.1) is 0 Å². The normalized spacial score (nSPS) is 9.85. The zero-order chi connectivity index (χ0) is 9.68. The number of Topliss-reactive ketones (excluding diaryl/α,β-unsaturated/α-hetero) is 1. The third-order valence-corrected chi connectivity index (χ3v) is 3.06. The van der Waals surface area contributed by atoms with Crippen LogP contribution < -0.4 is 0 Å². The molecule has 13 heavy (non-hydrogen) atoms. The highest BCUT2D eigenvalue weighted by molar-refractivity contribution is 8.05. The van der Waals surface area contributed by atoms with Gasteiger partial charge in [-0.3, -0.25) is 4.79 Å². The van der Waals surface area contributed by atoms with E-state index in [-0.39, 0.29) is 19.3 Å². The molecule has 0 fully saturated rings. The molecule has 0 saturated carbocycles. The van der Waals surface area contributed by atoms with Gasteiger partial charge in [-0.1, -0.05) is 30.3 Å². The average molecular weight is 214 g/mol. The predicted octanol–water partition coefficient (Wildman–Crippen LogP) is 1.61. The van der Waals surface area contributed by atoms with Crippen molar-refractivity contribution >= 4 is 23.0 Å². The average Bonchev–Trinajstić information content (AvgIpc) is 2.15. The first-order valence-electron chi connectivity index (χ1n) is 3.55. The monoisotopic (exact) mass is 214 g/mol. The summed E-state index contributed by atoms with van der Waals surface area (Å²) in [5, 5.41) is 0. The van der Waals surface area contributed by atoms with E-state index >= 15 is 0 Å². The lowest BCUT2D eigenvalue weighted by Gasteiger charge is -1.93. The van der Waals surface area contributed by atoms with Gasteiger partial charge in [-0.25, -0.2) is 0 Å². The molecule has 0 unspecified atom stereocenters. The maximum atomic E-state index is 11.3. The highest BCUT2D eigenvalue weighted by Gasteiger charge is 2.02. The Morgan fingerprint density at radius 2 is 1.85 bits per heavy atom. The molecule has 0 spiro atoms. The molecular weight excluding hydrogens is 207 g/mol. The SMILES string of the molecule is O=C(CP=S(=O)=O)c1ccccc1. The van der Waals surface area contributed by atoms with Crippen molar-refractivity contribution in [3.05, 3.63) is 35.9 Å². The third kappa shape index (κ3) is 3.49. The Morgan fingerprint density at radius 1 is 1.23 bits per heavy atom. The topological polar surface area (TPSA) is 51.2 Å². The molecule has 1 aromatic carbocycles. The summed E-state index contributed by atoms with van der Waals surface area (Å²) < 4.78 is 20.3. The molecule has 0 radical (unpaired) electrons. The molecule has 1 aromatic rings. The fraction of sp³-hybridized carbons (Fsp3) is 0.125. The Morgan fingerprint density at radius 3 is 2.38 bits per heavy atom. The summed E-state index contributed by atoms with van der Waals surface area (Å²) in [7, 11) is -2.03. The molecule has 0 amide bonds. The van der Waals surface area contributed by atoms with Gasteiger partial charge in [0.2, 0.25) is 9.88 Å². The molecule has 0 aromatic heterocycles. The van der Waals surface area contributed by atoms with Gasteiger partial charge in [-0.2, -0.15) is 8.42 Å². The van der Waals surface area contributed by atoms with E-state index in [4.69, 9.17) is 0 Å². The molecule has 0 atom stereocenters. The van der Waals surface area contributed by atoms with E-state index < -0.39 is 9.88 Å². The second-order valence-electron chi connectivity index (χ2n) is 2.29. The number of carbonyl (C=O) groups excluding carboxylic acids is 1. The van der Waals surface area contributed by atoms with Gasteiger partial charge < -0.3 is 0 Å². The maximum absolute atomic E-state index is 11.3. The van der Waals surface area contributed by atoms with Crippen molar-refractivity contribution in [1.29, 1.82) is 0 Å². The van der Waals surface area contributed by atoms with Crippen LogP contribution in [0.1, 0.15) is 10.4 Å². The van der Waals surface area contributed by atoms with E-state index in [2.05, 4.69) is 0 Å². The minimum Gasteiger partial charge on any atom is -0.293 e. The van der Waals surface area contributed by atoms with Crippen LogP contribution >= 0.6 is 7.36 Å². The Bertz CT molecular complexity index is 414. The van der Waals surface area contributed by atoms with Gasteiger partial charge >= 0.3 is 0 Å². The zero-order valence-corrected chi connectivity index (χ0v) is 8.38. The summed E-state index contributed by atoms with van der Waals surface area (Å²) >= 11 is 0. The summed E-state index contributed by atoms with van der Waals surface area (Å²) in [4.78, 5) is 11.3. The lowest BCUT2D eigenvalue weighted by molar-refractivity contribution is 0.102. The van der Waals surface area contributed by atoms with Crippen molar-refractivity contribution in [3.63, 3.8) is 0 Å². The van der Waals surface area contributed by atoms with Gasteiger partial charge in [-0.15, -0.1) is 0 Å². The van der Waals surface area contributed by atoms with Gasteiger partial charge in [0.1, 0.15) is 0 Å². The van der Waals surface area contributed by atoms with Gasteiger partial charge in [-0.05, 0) is 0 Å². The lowest BCUT2D eigenvalue weighted by atomic mass is 10.2. The second-order valence-corrected chi connectivity index (χ2v) is 4.97. The van der Waals surface area contributed by atoms with Crippen LogP contribution in [0.5, 0.6) is 0 Å². The fourth-order valence-corrected chi connectivity index (χ4v) is 1.90. The smallest absolute Gasteiger partial charge is 0.234 e. The van der Waals surface area contributed by atoms with Crippen LogP contribution in [0.15, 0.2) is 30.3 Å². The quantitative estimate of drug-likeness (QED) is 0.567. The summed E-state index contributed by atoms with van der Waals surface area (Å²) in [6.45, 7) is 0. The van der Waals surface area contributed by atoms with Crippen LogP contribution in [-0.4, -0.2) is 20.4 Å². The molecule has 0 saturated heterocycles. The molecule has 5 heteroatoms. The predicted molar refractivity (Wildman–Crippen MR) is 51.5 cm³/mol. The van der Waals surface area contributed by atoms with E-state index in [0.717, 1.165) is 0 Å². The zero-order valence-electron chi connectivity index (χ0n) is 6.67. The van der Waals surface area contributed by atoms with E-state index in [1.54, 1.807) is 30.3 Å². The third-order valence-electron chi connectivity index (χ3n) is 1.41. The van der Waals surface area contributed by atoms with Crippen molar-refractivity contribution in [2.75, 3.05) is 6.16 Å². The first-order chi connectivity index (χ1) is 6.20. The van der Waals surface area contributed by atoms with Gasteiger partial charge in [0, 0.05) is 12.9 Å². The fourth-order valence-electron chi connectivity index (χ4n) is 0.827. The summed E-state index contributed by atoms with van der Waals surface area (Å²) in [6.07, 6.45) is 0.0279. The highest BCUT2D eigenvalue weighted by Crippen LogP contribution is 2.04. The van der Waals surface area contributed by atoms with Crippen LogP contribution in [0.4, 0.5) is 0 Å². The number of rotatable bonds is 3. The lowest BCUT2D eigenvalue weighted by Crippen LogP contribution is -1.99. The van der Waals surface area contributed by atoms with Crippen LogP contribution in [0.2, 0.25) is 0 Å². The number of ketones is 1. The minimum atomic E-state index is -2.16. The molecule has 0 N–H and O–H groups in total. The number of hydrogen-bond donors (Lipinski definition) is 0. The highest BCUT2D eigenvalue weighted by atomic mass is 32.5. The summed E-state index contributed by atoms with van der Waals surface area (Å²) in [5.41, 5.74) is 0.556. The van der Waals surface area contributed by atoms with Crippen molar-refractivity contribution in [3.8, 4) is 0 Å². The molecule has 0 bridgehead atoms. The Balaban J connectivity index is 2.76. The summed E-state index contributed by atoms with van der Waals surface area (Å²) in [5.74, 6) is -0.147. The first-order valence-corrected chi connectivity index (χ1v) is 6.31. The van der Waals surface area contributed by atoms with Gasteiger partial charge in [0.15, 0.2) is 5.78 Å². The van der Waals surface area contributed by atoms with Crippen LogP contribution in [0.3, 0.4) is 0 Å². The van der Waals surface area contributed by atoms with Crippen LogP contribution in [-0.2, 0) is 9.88 Å². The Kier molecular flexibility index (Phi) is 3.80. The molecule has 0 aliphatic carbocycles. The molecule has 3 nitrogen and oxygen atoms in total. The summed E-state index contributed by atoms with van der Waals surface area (Å²) in [6, 6.07) is 8.65. The minimum absolute atomic E-state index is 0.0279. The molecular formula is C8H7O3PS. The molecule has 0 aliphatic heterocycles. The van der Waals surface area contributed by atoms with Crippen LogP contribution in [0.25, 0.3) is 0 Å².